The highest BCUT2D eigenvalue weighted by Crippen LogP contribution is 2.31. The molecule has 0 radical (unpaired) electrons. The summed E-state index contributed by atoms with van der Waals surface area (Å²) in [5.41, 5.74) is 5.96. The number of halogens is 2. The molecule has 1 N–H and O–H groups in total. The van der Waals surface area contributed by atoms with Gasteiger partial charge >= 0.3 is 0 Å². The van der Waals surface area contributed by atoms with Gasteiger partial charge in [-0.15, -0.1) is 0 Å². The molecule has 0 heterocycles. The van der Waals surface area contributed by atoms with Gasteiger partial charge in [-0.3, -0.25) is 0 Å². The van der Waals surface area contributed by atoms with Crippen LogP contribution in [0.4, 0.5) is 0 Å². The third-order valence-electron chi connectivity index (χ3n) is 3.69. The van der Waals surface area contributed by atoms with E-state index in [0.29, 0.717) is 0 Å². The molecule has 2 aromatic carbocycles. The van der Waals surface area contributed by atoms with Crippen LogP contribution in [0.2, 0.25) is 10.0 Å². The first-order chi connectivity index (χ1) is 9.43. The Kier molecular flexibility index (Phi) is 4.74. The van der Waals surface area contributed by atoms with E-state index < -0.39 is 0 Å². The molecule has 0 aliphatic heterocycles. The van der Waals surface area contributed by atoms with Crippen LogP contribution in [0.1, 0.15) is 33.9 Å². The van der Waals surface area contributed by atoms with Gasteiger partial charge in [0.15, 0.2) is 0 Å². The lowest BCUT2D eigenvalue weighted by molar-refractivity contribution is 0.683. The number of benzene rings is 2. The van der Waals surface area contributed by atoms with E-state index >= 15 is 0 Å². The van der Waals surface area contributed by atoms with Gasteiger partial charge < -0.3 is 5.32 Å². The van der Waals surface area contributed by atoms with Gasteiger partial charge in [-0.2, -0.15) is 0 Å². The normalized spacial score (nSPS) is 12.5. The van der Waals surface area contributed by atoms with Crippen LogP contribution in [-0.4, -0.2) is 7.05 Å². The second-order valence-electron chi connectivity index (χ2n) is 5.18. The van der Waals surface area contributed by atoms with E-state index in [2.05, 4.69) is 31.3 Å². The van der Waals surface area contributed by atoms with E-state index in [-0.39, 0.29) is 6.04 Å². The summed E-state index contributed by atoms with van der Waals surface area (Å²) < 4.78 is 0. The molecule has 3 heteroatoms. The quantitative estimate of drug-likeness (QED) is 0.819. The number of rotatable bonds is 3. The number of aryl methyl sites for hydroxylation is 3. The lowest BCUT2D eigenvalue weighted by Crippen LogP contribution is -2.20. The summed E-state index contributed by atoms with van der Waals surface area (Å²) in [7, 11) is 1.97. The molecular formula is C17H19Cl2N. The Morgan fingerprint density at radius 1 is 0.850 bits per heavy atom. The fraction of sp³-hybridized carbons (Fsp3) is 0.294. The van der Waals surface area contributed by atoms with E-state index in [4.69, 9.17) is 23.2 Å². The number of nitrogens with one attached hydrogen (secondary N) is 1. The van der Waals surface area contributed by atoms with Gasteiger partial charge in [0.25, 0.3) is 0 Å². The van der Waals surface area contributed by atoms with Gasteiger partial charge in [-0.25, -0.2) is 0 Å². The lowest BCUT2D eigenvalue weighted by Gasteiger charge is -2.22. The minimum absolute atomic E-state index is 0.142. The van der Waals surface area contributed by atoms with Crippen molar-refractivity contribution < 1.29 is 0 Å². The van der Waals surface area contributed by atoms with Crippen molar-refractivity contribution in [3.63, 3.8) is 0 Å². The van der Waals surface area contributed by atoms with Crippen LogP contribution in [0.3, 0.4) is 0 Å². The maximum atomic E-state index is 6.19. The third kappa shape index (κ3) is 3.01. The van der Waals surface area contributed by atoms with Crippen molar-refractivity contribution in [1.82, 2.24) is 5.32 Å². The summed E-state index contributed by atoms with van der Waals surface area (Å²) in [5, 5.41) is 4.98. The molecule has 0 saturated heterocycles. The summed E-state index contributed by atoms with van der Waals surface area (Å²) in [6.45, 7) is 6.21. The zero-order chi connectivity index (χ0) is 14.9. The van der Waals surface area contributed by atoms with E-state index in [1.807, 2.05) is 32.2 Å². The molecule has 0 amide bonds. The molecule has 0 aromatic heterocycles. The molecule has 2 rings (SSSR count). The average molecular weight is 308 g/mol. The SMILES string of the molecule is CNC(c1ccc(Cl)cc1C)c1cc(C)c(Cl)cc1C. The zero-order valence-corrected chi connectivity index (χ0v) is 13.7. The minimum Gasteiger partial charge on any atom is -0.309 e. The largest absolute Gasteiger partial charge is 0.309 e. The standard InChI is InChI=1S/C17H19Cl2N/c1-10-7-13(18)5-6-14(10)17(20-4)15-8-12(3)16(19)9-11(15)2/h5-9,17,20H,1-4H3. The molecule has 0 fully saturated rings. The second kappa shape index (κ2) is 6.17. The van der Waals surface area contributed by atoms with Crippen LogP contribution < -0.4 is 5.32 Å². The van der Waals surface area contributed by atoms with E-state index in [1.54, 1.807) is 0 Å². The molecule has 1 atom stereocenters. The minimum atomic E-state index is 0.142. The Morgan fingerprint density at radius 3 is 2.10 bits per heavy atom. The highest BCUT2D eigenvalue weighted by molar-refractivity contribution is 6.31. The van der Waals surface area contributed by atoms with Crippen molar-refractivity contribution in [3.05, 3.63) is 68.2 Å². The summed E-state index contributed by atoms with van der Waals surface area (Å²) in [4.78, 5) is 0. The lowest BCUT2D eigenvalue weighted by atomic mass is 9.91. The molecule has 0 bridgehead atoms. The van der Waals surface area contributed by atoms with Crippen LogP contribution in [0.15, 0.2) is 30.3 Å². The molecule has 0 saturated carbocycles. The monoisotopic (exact) mass is 307 g/mol. The fourth-order valence-corrected chi connectivity index (χ4v) is 3.00. The van der Waals surface area contributed by atoms with Crippen LogP contribution in [0.5, 0.6) is 0 Å². The maximum Gasteiger partial charge on any atom is 0.0579 e. The highest BCUT2D eigenvalue weighted by Gasteiger charge is 2.17. The molecule has 1 nitrogen and oxygen atoms in total. The smallest absolute Gasteiger partial charge is 0.0579 e. The molecule has 106 valence electrons. The van der Waals surface area contributed by atoms with E-state index in [0.717, 1.165) is 15.6 Å². The number of hydrogen-bond donors (Lipinski definition) is 1. The molecule has 0 spiro atoms. The van der Waals surface area contributed by atoms with Gasteiger partial charge in [0, 0.05) is 10.0 Å². The second-order valence-corrected chi connectivity index (χ2v) is 6.02. The van der Waals surface area contributed by atoms with Gasteiger partial charge in [0.05, 0.1) is 6.04 Å². The van der Waals surface area contributed by atoms with E-state index in [9.17, 15) is 0 Å². The van der Waals surface area contributed by atoms with Crippen molar-refractivity contribution in [2.45, 2.75) is 26.8 Å². The Morgan fingerprint density at radius 2 is 1.50 bits per heavy atom. The first-order valence-electron chi connectivity index (χ1n) is 6.64. The average Bonchev–Trinajstić information content (AvgIpc) is 2.38. The summed E-state index contributed by atoms with van der Waals surface area (Å²) in [6, 6.07) is 10.4. The third-order valence-corrected chi connectivity index (χ3v) is 4.33. The molecular weight excluding hydrogens is 289 g/mol. The van der Waals surface area contributed by atoms with E-state index in [1.165, 1.54) is 22.3 Å². The zero-order valence-electron chi connectivity index (χ0n) is 12.2. The van der Waals surface area contributed by atoms with Gasteiger partial charge in [0.2, 0.25) is 0 Å². The van der Waals surface area contributed by atoms with Gasteiger partial charge in [-0.05, 0) is 73.8 Å². The van der Waals surface area contributed by atoms with Gasteiger partial charge in [0.1, 0.15) is 0 Å². The predicted molar refractivity (Wildman–Crippen MR) is 88.0 cm³/mol. The Bertz CT molecular complexity index is 635. The van der Waals surface area contributed by atoms with Crippen molar-refractivity contribution >= 4 is 23.2 Å². The number of hydrogen-bond acceptors (Lipinski definition) is 1. The highest BCUT2D eigenvalue weighted by atomic mass is 35.5. The molecule has 0 aliphatic carbocycles. The first kappa shape index (κ1) is 15.4. The Hall–Kier alpha value is -1.02. The van der Waals surface area contributed by atoms with Crippen molar-refractivity contribution in [2.24, 2.45) is 0 Å². The van der Waals surface area contributed by atoms with Crippen molar-refractivity contribution in [1.29, 1.82) is 0 Å². The topological polar surface area (TPSA) is 12.0 Å². The summed E-state index contributed by atoms with van der Waals surface area (Å²) >= 11 is 12.2. The van der Waals surface area contributed by atoms with Crippen molar-refractivity contribution in [3.8, 4) is 0 Å². The summed E-state index contributed by atoms with van der Waals surface area (Å²) in [5.74, 6) is 0. The Balaban J connectivity index is 2.55. The van der Waals surface area contributed by atoms with Gasteiger partial charge in [-0.1, -0.05) is 35.3 Å². The molecule has 20 heavy (non-hydrogen) atoms. The first-order valence-corrected chi connectivity index (χ1v) is 7.39. The van der Waals surface area contributed by atoms with Crippen LogP contribution in [0.25, 0.3) is 0 Å². The molecule has 1 unspecified atom stereocenters. The molecule has 0 aliphatic rings. The van der Waals surface area contributed by atoms with Crippen LogP contribution in [0, 0.1) is 20.8 Å². The van der Waals surface area contributed by atoms with Crippen molar-refractivity contribution in [2.75, 3.05) is 7.05 Å². The Labute approximate surface area is 130 Å². The summed E-state index contributed by atoms with van der Waals surface area (Å²) in [6.07, 6.45) is 0. The fourth-order valence-electron chi connectivity index (χ4n) is 2.56. The molecule has 2 aromatic rings. The predicted octanol–water partition coefficient (Wildman–Crippen LogP) is 5.23. The van der Waals surface area contributed by atoms with Crippen LogP contribution in [-0.2, 0) is 0 Å². The maximum absolute atomic E-state index is 6.19. The van der Waals surface area contributed by atoms with Crippen LogP contribution >= 0.6 is 23.2 Å².